The molecule has 0 heterocycles. The summed E-state index contributed by atoms with van der Waals surface area (Å²) in [6, 6.07) is 10.4. The van der Waals surface area contributed by atoms with Gasteiger partial charge in [0.2, 0.25) is 0 Å². The fraction of sp³-hybridized carbons (Fsp3) is 0.133. The fourth-order valence-corrected chi connectivity index (χ4v) is 2.62. The summed E-state index contributed by atoms with van der Waals surface area (Å²) in [4.78, 5) is 12.4. The van der Waals surface area contributed by atoms with E-state index in [1.807, 2.05) is 25.1 Å². The second kappa shape index (κ2) is 5.18. The maximum atomic E-state index is 14.0. The number of rotatable bonds is 2. The Morgan fingerprint density at radius 2 is 1.83 bits per heavy atom. The lowest BCUT2D eigenvalue weighted by molar-refractivity contribution is 0.103. The first-order valence-corrected chi connectivity index (χ1v) is 6.64. The van der Waals surface area contributed by atoms with E-state index in [0.29, 0.717) is 11.1 Å². The van der Waals surface area contributed by atoms with E-state index in [1.165, 1.54) is 6.07 Å². The smallest absolute Gasteiger partial charge is 0.197 e. The molecule has 0 saturated carbocycles. The van der Waals surface area contributed by atoms with Crippen molar-refractivity contribution in [3.8, 4) is 0 Å². The van der Waals surface area contributed by atoms with Crippen molar-refractivity contribution in [3.05, 3.63) is 68.0 Å². The molecule has 0 spiro atoms. The minimum Gasteiger partial charge on any atom is -0.288 e. The molecule has 18 heavy (non-hydrogen) atoms. The largest absolute Gasteiger partial charge is 0.288 e. The molecule has 0 fully saturated rings. The third kappa shape index (κ3) is 2.46. The summed E-state index contributed by atoms with van der Waals surface area (Å²) in [7, 11) is 0. The summed E-state index contributed by atoms with van der Waals surface area (Å²) < 4.78 is 14.8. The van der Waals surface area contributed by atoms with E-state index >= 15 is 0 Å². The number of hydrogen-bond acceptors (Lipinski definition) is 1. The second-order valence-electron chi connectivity index (χ2n) is 4.25. The molecule has 2 rings (SSSR count). The van der Waals surface area contributed by atoms with Crippen molar-refractivity contribution in [3.63, 3.8) is 0 Å². The second-order valence-corrected chi connectivity index (χ2v) is 5.41. The topological polar surface area (TPSA) is 17.1 Å². The molecule has 0 aliphatic carbocycles. The molecule has 0 aromatic heterocycles. The zero-order valence-corrected chi connectivity index (χ0v) is 12.3. The van der Waals surface area contributed by atoms with E-state index in [0.717, 1.165) is 9.13 Å². The Hall–Kier alpha value is -1.23. The van der Waals surface area contributed by atoms with Gasteiger partial charge >= 0.3 is 0 Å². The molecule has 92 valence electrons. The number of aryl methyl sites for hydroxylation is 2. The summed E-state index contributed by atoms with van der Waals surface area (Å²) in [6.07, 6.45) is 0. The van der Waals surface area contributed by atoms with Crippen molar-refractivity contribution < 1.29 is 9.18 Å². The third-order valence-electron chi connectivity index (χ3n) is 2.78. The number of benzene rings is 2. The van der Waals surface area contributed by atoms with Crippen LogP contribution in [0, 0.1) is 23.2 Å². The van der Waals surface area contributed by atoms with E-state index in [-0.39, 0.29) is 11.3 Å². The van der Waals surface area contributed by atoms with Crippen LogP contribution in [0.5, 0.6) is 0 Å². The lowest BCUT2D eigenvalue weighted by Crippen LogP contribution is -2.09. The van der Waals surface area contributed by atoms with Crippen molar-refractivity contribution in [2.75, 3.05) is 0 Å². The Morgan fingerprint density at radius 3 is 2.44 bits per heavy atom. The van der Waals surface area contributed by atoms with Crippen LogP contribution in [0.2, 0.25) is 0 Å². The van der Waals surface area contributed by atoms with Crippen molar-refractivity contribution in [2.45, 2.75) is 13.8 Å². The quantitative estimate of drug-likeness (QED) is 0.581. The number of ketones is 1. The lowest BCUT2D eigenvalue weighted by atomic mass is 9.97. The van der Waals surface area contributed by atoms with Gasteiger partial charge < -0.3 is 0 Å². The highest BCUT2D eigenvalue weighted by Crippen LogP contribution is 2.22. The van der Waals surface area contributed by atoms with Gasteiger partial charge in [-0.1, -0.05) is 18.2 Å². The molecule has 2 aromatic carbocycles. The highest BCUT2D eigenvalue weighted by molar-refractivity contribution is 14.1. The Balaban J connectivity index is 2.57. The van der Waals surface area contributed by atoms with Crippen LogP contribution >= 0.6 is 22.6 Å². The molecule has 0 unspecified atom stereocenters. The van der Waals surface area contributed by atoms with Crippen LogP contribution in [-0.4, -0.2) is 5.78 Å². The summed E-state index contributed by atoms with van der Waals surface area (Å²) in [6.45, 7) is 3.58. The molecule has 1 nitrogen and oxygen atoms in total. The van der Waals surface area contributed by atoms with Gasteiger partial charge in [-0.3, -0.25) is 4.79 Å². The van der Waals surface area contributed by atoms with Crippen LogP contribution < -0.4 is 0 Å². The van der Waals surface area contributed by atoms with Crippen LogP contribution in [-0.2, 0) is 0 Å². The maximum absolute atomic E-state index is 14.0. The Labute approximate surface area is 119 Å². The lowest BCUT2D eigenvalue weighted by Gasteiger charge is -2.09. The summed E-state index contributed by atoms with van der Waals surface area (Å²) >= 11 is 2.09. The SMILES string of the molecule is Cc1cc(C)c(C(=O)c2ccccc2I)c(F)c1. The fourth-order valence-electron chi connectivity index (χ4n) is 1.98. The van der Waals surface area contributed by atoms with Gasteiger partial charge in [-0.25, -0.2) is 4.39 Å². The molecule has 0 amide bonds. The van der Waals surface area contributed by atoms with E-state index in [9.17, 15) is 9.18 Å². The predicted octanol–water partition coefficient (Wildman–Crippen LogP) is 4.28. The van der Waals surface area contributed by atoms with Crippen LogP contribution in [0.3, 0.4) is 0 Å². The molecule has 0 N–H and O–H groups in total. The van der Waals surface area contributed by atoms with E-state index in [1.54, 1.807) is 19.1 Å². The van der Waals surface area contributed by atoms with Gasteiger partial charge in [0, 0.05) is 9.13 Å². The first-order valence-electron chi connectivity index (χ1n) is 5.56. The first-order chi connectivity index (χ1) is 8.50. The number of carbonyl (C=O) groups excluding carboxylic acids is 1. The first kappa shape index (κ1) is 13.2. The van der Waals surface area contributed by atoms with Crippen molar-refractivity contribution in [1.82, 2.24) is 0 Å². The summed E-state index contributed by atoms with van der Waals surface area (Å²) in [5, 5.41) is 0. The Bertz CT molecular complexity index is 597. The van der Waals surface area contributed by atoms with Crippen LogP contribution in [0.4, 0.5) is 4.39 Å². The zero-order chi connectivity index (χ0) is 13.3. The number of hydrogen-bond donors (Lipinski definition) is 0. The van der Waals surface area contributed by atoms with Crippen LogP contribution in [0.1, 0.15) is 27.0 Å². The highest BCUT2D eigenvalue weighted by atomic mass is 127. The van der Waals surface area contributed by atoms with Gasteiger partial charge in [0.1, 0.15) is 5.82 Å². The molecular formula is C15H12FIO. The standard InChI is InChI=1S/C15H12FIO/c1-9-7-10(2)14(12(16)8-9)15(18)11-5-3-4-6-13(11)17/h3-8H,1-2H3. The van der Waals surface area contributed by atoms with E-state index in [4.69, 9.17) is 0 Å². The molecule has 0 aliphatic rings. The van der Waals surface area contributed by atoms with Crippen LogP contribution in [0.25, 0.3) is 0 Å². The molecule has 0 saturated heterocycles. The molecule has 0 aliphatic heterocycles. The number of carbonyl (C=O) groups is 1. The van der Waals surface area contributed by atoms with Gasteiger partial charge in [-0.2, -0.15) is 0 Å². The molecule has 0 atom stereocenters. The van der Waals surface area contributed by atoms with Gasteiger partial charge in [0.25, 0.3) is 0 Å². The Kier molecular flexibility index (Phi) is 3.80. The van der Waals surface area contributed by atoms with Gasteiger partial charge in [-0.15, -0.1) is 0 Å². The van der Waals surface area contributed by atoms with E-state index in [2.05, 4.69) is 22.6 Å². The number of halogens is 2. The highest BCUT2D eigenvalue weighted by Gasteiger charge is 2.18. The van der Waals surface area contributed by atoms with E-state index < -0.39 is 5.82 Å². The minimum absolute atomic E-state index is 0.171. The van der Waals surface area contributed by atoms with Gasteiger partial charge in [-0.05, 0) is 65.8 Å². The third-order valence-corrected chi connectivity index (χ3v) is 3.72. The Morgan fingerprint density at radius 1 is 1.17 bits per heavy atom. The maximum Gasteiger partial charge on any atom is 0.197 e. The average molecular weight is 354 g/mol. The molecule has 3 heteroatoms. The van der Waals surface area contributed by atoms with Crippen molar-refractivity contribution in [2.24, 2.45) is 0 Å². The summed E-state index contributed by atoms with van der Waals surface area (Å²) in [5.74, 6) is -0.702. The monoisotopic (exact) mass is 354 g/mol. The molecule has 2 aromatic rings. The van der Waals surface area contributed by atoms with Gasteiger partial charge in [0.05, 0.1) is 5.56 Å². The summed E-state index contributed by atoms with van der Waals surface area (Å²) in [5.41, 5.74) is 2.22. The van der Waals surface area contributed by atoms with Crippen molar-refractivity contribution in [1.29, 1.82) is 0 Å². The molecule has 0 bridgehead atoms. The zero-order valence-electron chi connectivity index (χ0n) is 10.1. The predicted molar refractivity (Wildman–Crippen MR) is 78.5 cm³/mol. The van der Waals surface area contributed by atoms with Gasteiger partial charge in [0.15, 0.2) is 5.78 Å². The minimum atomic E-state index is -0.447. The average Bonchev–Trinajstić information content (AvgIpc) is 2.27. The molecule has 0 radical (unpaired) electrons. The van der Waals surface area contributed by atoms with Crippen molar-refractivity contribution >= 4 is 28.4 Å². The van der Waals surface area contributed by atoms with Crippen LogP contribution in [0.15, 0.2) is 36.4 Å². The normalized spacial score (nSPS) is 10.4. The molecular weight excluding hydrogens is 342 g/mol.